The fourth-order valence-corrected chi connectivity index (χ4v) is 5.18. The third kappa shape index (κ3) is 3.35. The Balaban J connectivity index is 1.30. The second kappa shape index (κ2) is 7.13. The molecule has 0 N–H and O–H groups in total. The van der Waals surface area contributed by atoms with Gasteiger partial charge in [0.25, 0.3) is 5.89 Å². The normalized spacial score (nSPS) is 19.2. The van der Waals surface area contributed by atoms with Crippen LogP contribution >= 0.6 is 11.3 Å². The van der Waals surface area contributed by atoms with Crippen LogP contribution in [0, 0.1) is 5.82 Å². The molecule has 28 heavy (non-hydrogen) atoms. The minimum atomic E-state index is -0.274. The number of thiophene rings is 1. The number of carbonyl (C=O) groups excluding carboxylic acids is 1. The van der Waals surface area contributed by atoms with E-state index in [1.165, 1.54) is 35.4 Å². The first-order chi connectivity index (χ1) is 13.7. The summed E-state index contributed by atoms with van der Waals surface area (Å²) in [6.07, 6.45) is 5.13. The first-order valence-electron chi connectivity index (χ1n) is 9.63. The Morgan fingerprint density at radius 1 is 1.21 bits per heavy atom. The molecule has 5 nitrogen and oxygen atoms in total. The van der Waals surface area contributed by atoms with Crippen molar-refractivity contribution < 1.29 is 13.7 Å². The van der Waals surface area contributed by atoms with Crippen LogP contribution in [0.1, 0.15) is 47.0 Å². The SMILES string of the molecule is O=C1CC(c2noc(-c3cc4c(s3)CCCC4)n2)CN1Cc1ccc(F)cc1. The highest BCUT2D eigenvalue weighted by Gasteiger charge is 2.34. The van der Waals surface area contributed by atoms with Crippen LogP contribution in [0.25, 0.3) is 10.8 Å². The molecule has 1 fully saturated rings. The smallest absolute Gasteiger partial charge is 0.268 e. The van der Waals surface area contributed by atoms with Crippen LogP contribution in [-0.4, -0.2) is 27.5 Å². The number of nitrogens with zero attached hydrogens (tertiary/aromatic N) is 3. The molecule has 0 radical (unpaired) electrons. The van der Waals surface area contributed by atoms with Gasteiger partial charge in [-0.15, -0.1) is 11.3 Å². The highest BCUT2D eigenvalue weighted by Crippen LogP contribution is 2.36. The van der Waals surface area contributed by atoms with Gasteiger partial charge in [0.2, 0.25) is 5.91 Å². The predicted molar refractivity (Wildman–Crippen MR) is 103 cm³/mol. The van der Waals surface area contributed by atoms with Crippen molar-refractivity contribution in [3.8, 4) is 10.8 Å². The Morgan fingerprint density at radius 3 is 2.86 bits per heavy atom. The van der Waals surface area contributed by atoms with Crippen molar-refractivity contribution in [2.75, 3.05) is 6.54 Å². The van der Waals surface area contributed by atoms with E-state index in [0.717, 1.165) is 23.3 Å². The summed E-state index contributed by atoms with van der Waals surface area (Å²) in [5, 5.41) is 4.16. The third-order valence-corrected chi connectivity index (χ3v) is 6.74. The van der Waals surface area contributed by atoms with E-state index in [-0.39, 0.29) is 17.6 Å². The maximum atomic E-state index is 13.1. The molecule has 0 bridgehead atoms. The van der Waals surface area contributed by atoms with E-state index in [9.17, 15) is 9.18 Å². The Kier molecular flexibility index (Phi) is 4.47. The Bertz CT molecular complexity index is 988. The lowest BCUT2D eigenvalue weighted by atomic mass is 9.99. The van der Waals surface area contributed by atoms with Crippen molar-refractivity contribution in [2.24, 2.45) is 0 Å². The summed E-state index contributed by atoms with van der Waals surface area (Å²) < 4.78 is 18.6. The number of halogens is 1. The van der Waals surface area contributed by atoms with Crippen LogP contribution in [-0.2, 0) is 24.2 Å². The van der Waals surface area contributed by atoms with Gasteiger partial charge in [-0.05, 0) is 55.0 Å². The highest BCUT2D eigenvalue weighted by atomic mass is 32.1. The van der Waals surface area contributed by atoms with Crippen molar-refractivity contribution in [3.63, 3.8) is 0 Å². The van der Waals surface area contributed by atoms with Crippen molar-refractivity contribution in [1.29, 1.82) is 0 Å². The molecule has 1 aliphatic carbocycles. The van der Waals surface area contributed by atoms with Crippen LogP contribution < -0.4 is 0 Å². The van der Waals surface area contributed by atoms with Gasteiger partial charge in [-0.1, -0.05) is 17.3 Å². The van der Waals surface area contributed by atoms with Crippen molar-refractivity contribution in [1.82, 2.24) is 15.0 Å². The summed E-state index contributed by atoms with van der Waals surface area (Å²) in [6.45, 7) is 1.02. The average Bonchev–Trinajstić information content (AvgIpc) is 3.42. The van der Waals surface area contributed by atoms with Crippen molar-refractivity contribution in [2.45, 2.75) is 44.6 Å². The fraction of sp³-hybridized carbons (Fsp3) is 0.381. The maximum absolute atomic E-state index is 13.1. The van der Waals surface area contributed by atoms with Crippen LogP contribution in [0.15, 0.2) is 34.9 Å². The number of rotatable bonds is 4. The lowest BCUT2D eigenvalue weighted by Gasteiger charge is -2.16. The summed E-state index contributed by atoms with van der Waals surface area (Å²) in [5.41, 5.74) is 2.32. The summed E-state index contributed by atoms with van der Waals surface area (Å²) >= 11 is 1.74. The predicted octanol–water partition coefficient (Wildman–Crippen LogP) is 4.33. The van der Waals surface area contributed by atoms with Gasteiger partial charge in [0.1, 0.15) is 5.82 Å². The third-order valence-electron chi connectivity index (χ3n) is 5.52. The fourth-order valence-electron chi connectivity index (χ4n) is 4.00. The van der Waals surface area contributed by atoms with Crippen LogP contribution in [0.5, 0.6) is 0 Å². The standard InChI is InChI=1S/C21H20FN3O2S/c22-16-7-5-13(6-8-16)11-25-12-15(10-19(25)26)20-23-21(27-24-20)18-9-14-3-1-2-4-17(14)28-18/h5-9,15H,1-4,10-12H2. The monoisotopic (exact) mass is 397 g/mol. The first kappa shape index (κ1) is 17.6. The second-order valence-corrected chi connectivity index (χ2v) is 8.66. The number of hydrogen-bond donors (Lipinski definition) is 0. The van der Waals surface area contributed by atoms with Crippen LogP contribution in [0.4, 0.5) is 4.39 Å². The molecule has 7 heteroatoms. The zero-order valence-electron chi connectivity index (χ0n) is 15.4. The molecule has 1 aliphatic heterocycles. The molecular weight excluding hydrogens is 377 g/mol. The number of aromatic nitrogens is 2. The molecule has 1 atom stereocenters. The number of benzene rings is 1. The Morgan fingerprint density at radius 2 is 2.04 bits per heavy atom. The van der Waals surface area contributed by atoms with E-state index in [1.807, 2.05) is 0 Å². The van der Waals surface area contributed by atoms with Gasteiger partial charge in [-0.2, -0.15) is 4.98 Å². The molecule has 2 aliphatic rings. The van der Waals surface area contributed by atoms with Crippen molar-refractivity contribution >= 4 is 17.2 Å². The van der Waals surface area contributed by atoms with E-state index in [2.05, 4.69) is 16.2 Å². The van der Waals surface area contributed by atoms with Gasteiger partial charge < -0.3 is 9.42 Å². The molecule has 5 rings (SSSR count). The molecule has 3 heterocycles. The lowest BCUT2D eigenvalue weighted by Crippen LogP contribution is -2.24. The van der Waals surface area contributed by atoms with Gasteiger partial charge in [0.15, 0.2) is 5.82 Å². The topological polar surface area (TPSA) is 59.2 Å². The highest BCUT2D eigenvalue weighted by molar-refractivity contribution is 7.15. The zero-order chi connectivity index (χ0) is 19.1. The first-order valence-corrected chi connectivity index (χ1v) is 10.4. The van der Waals surface area contributed by atoms with Crippen LogP contribution in [0.3, 0.4) is 0 Å². The Labute approximate surface area is 166 Å². The number of fused-ring (bicyclic) bond motifs is 1. The lowest BCUT2D eigenvalue weighted by molar-refractivity contribution is -0.128. The minimum absolute atomic E-state index is 0.0623. The van der Waals surface area contributed by atoms with Gasteiger partial charge in [-0.25, -0.2) is 4.39 Å². The summed E-state index contributed by atoms with van der Waals surface area (Å²) in [6, 6.07) is 8.43. The largest absolute Gasteiger partial charge is 0.338 e. The molecule has 1 amide bonds. The van der Waals surface area contributed by atoms with Crippen molar-refractivity contribution in [3.05, 3.63) is 58.0 Å². The number of aryl methyl sites for hydroxylation is 2. The maximum Gasteiger partial charge on any atom is 0.268 e. The van der Waals surface area contributed by atoms with E-state index in [1.54, 1.807) is 28.4 Å². The van der Waals surface area contributed by atoms with Gasteiger partial charge in [0, 0.05) is 30.3 Å². The number of amides is 1. The van der Waals surface area contributed by atoms with E-state index in [0.29, 0.717) is 31.2 Å². The summed E-state index contributed by atoms with van der Waals surface area (Å²) in [5.74, 6) is 0.867. The molecule has 1 saturated heterocycles. The Hall–Kier alpha value is -2.54. The molecular formula is C21H20FN3O2S. The number of likely N-dealkylation sites (tertiary alicyclic amines) is 1. The van der Waals surface area contributed by atoms with E-state index < -0.39 is 0 Å². The number of carbonyl (C=O) groups is 1. The second-order valence-electron chi connectivity index (χ2n) is 7.53. The molecule has 1 unspecified atom stereocenters. The van der Waals surface area contributed by atoms with Gasteiger partial charge >= 0.3 is 0 Å². The van der Waals surface area contributed by atoms with Gasteiger partial charge in [-0.3, -0.25) is 4.79 Å². The molecule has 0 saturated carbocycles. The van der Waals surface area contributed by atoms with E-state index in [4.69, 9.17) is 4.52 Å². The molecule has 2 aromatic heterocycles. The summed E-state index contributed by atoms with van der Waals surface area (Å²) in [7, 11) is 0. The van der Waals surface area contributed by atoms with Gasteiger partial charge in [0.05, 0.1) is 4.88 Å². The number of hydrogen-bond acceptors (Lipinski definition) is 5. The van der Waals surface area contributed by atoms with E-state index >= 15 is 0 Å². The molecule has 3 aromatic rings. The molecule has 0 spiro atoms. The average molecular weight is 397 g/mol. The summed E-state index contributed by atoms with van der Waals surface area (Å²) in [4.78, 5) is 21.2. The van der Waals surface area contributed by atoms with Crippen LogP contribution in [0.2, 0.25) is 0 Å². The molecule has 144 valence electrons. The molecule has 1 aromatic carbocycles. The quantitative estimate of drug-likeness (QED) is 0.657. The minimum Gasteiger partial charge on any atom is -0.338 e. The zero-order valence-corrected chi connectivity index (χ0v) is 16.2.